The van der Waals surface area contributed by atoms with E-state index in [-0.39, 0.29) is 0 Å². The molecule has 1 heterocycles. The lowest BCUT2D eigenvalue weighted by atomic mass is 9.79. The highest BCUT2D eigenvalue weighted by atomic mass is 16.5. The van der Waals surface area contributed by atoms with Gasteiger partial charge in [-0.25, -0.2) is 0 Å². The van der Waals surface area contributed by atoms with Crippen LogP contribution in [0.1, 0.15) is 35.4 Å². The van der Waals surface area contributed by atoms with Crippen LogP contribution in [-0.2, 0) is 17.6 Å². The molecule has 1 aliphatic heterocycles. The average Bonchev–Trinajstić information content (AvgIpc) is 2.96. The number of nitrogens with zero attached hydrogens (tertiary/aromatic N) is 1. The number of fused-ring (bicyclic) bond motifs is 3. The Kier molecular flexibility index (Phi) is 4.01. The number of rotatable bonds is 4. The number of amides is 1. The van der Waals surface area contributed by atoms with E-state index < -0.39 is 0 Å². The van der Waals surface area contributed by atoms with Crippen molar-refractivity contribution >= 4 is 5.91 Å². The topological polar surface area (TPSA) is 29.5 Å². The molecule has 1 saturated heterocycles. The summed E-state index contributed by atoms with van der Waals surface area (Å²) in [6.45, 7) is 0.823. The minimum Gasteiger partial charge on any atom is -0.496 e. The van der Waals surface area contributed by atoms with Gasteiger partial charge in [0, 0.05) is 24.9 Å². The van der Waals surface area contributed by atoms with Gasteiger partial charge < -0.3 is 9.64 Å². The third-order valence-corrected chi connectivity index (χ3v) is 5.54. The van der Waals surface area contributed by atoms with Crippen LogP contribution in [0, 0.1) is 0 Å². The monoisotopic (exact) mass is 321 g/mol. The Morgan fingerprint density at radius 3 is 2.75 bits per heavy atom. The maximum absolute atomic E-state index is 12.6. The first kappa shape index (κ1) is 15.3. The van der Waals surface area contributed by atoms with Crippen LogP contribution < -0.4 is 4.74 Å². The highest BCUT2D eigenvalue weighted by molar-refractivity contribution is 5.81. The summed E-state index contributed by atoms with van der Waals surface area (Å²) < 4.78 is 5.52. The number of carbonyl (C=O) groups is 1. The zero-order valence-electron chi connectivity index (χ0n) is 14.1. The van der Waals surface area contributed by atoms with Crippen LogP contribution in [0.15, 0.2) is 48.5 Å². The van der Waals surface area contributed by atoms with Crippen LogP contribution in [0.2, 0.25) is 0 Å². The van der Waals surface area contributed by atoms with Crippen molar-refractivity contribution in [3.05, 3.63) is 65.2 Å². The van der Waals surface area contributed by atoms with E-state index in [1.54, 1.807) is 7.11 Å². The van der Waals surface area contributed by atoms with Crippen molar-refractivity contribution in [3.8, 4) is 5.75 Å². The van der Waals surface area contributed by atoms with Gasteiger partial charge in [-0.3, -0.25) is 4.79 Å². The molecule has 3 heteroatoms. The standard InChI is InChI=1S/C21H23NO2/c1-24-20-9-5-8-16-17(20)10-11-19-18(16)14-21(23)22(19)13-12-15-6-3-2-4-7-15/h2-9,18-19H,10-14H2,1H3/t18-,19+/m1/s1. The Morgan fingerprint density at radius 1 is 1.12 bits per heavy atom. The van der Waals surface area contributed by atoms with Gasteiger partial charge in [0.05, 0.1) is 7.11 Å². The number of methoxy groups -OCH3 is 1. The molecule has 0 unspecified atom stereocenters. The quantitative estimate of drug-likeness (QED) is 0.861. The molecular formula is C21H23NO2. The van der Waals surface area contributed by atoms with Crippen molar-refractivity contribution in [2.75, 3.05) is 13.7 Å². The predicted octanol–water partition coefficient (Wildman–Crippen LogP) is 3.57. The van der Waals surface area contributed by atoms with E-state index in [0.717, 1.165) is 31.6 Å². The van der Waals surface area contributed by atoms with Crippen LogP contribution in [-0.4, -0.2) is 30.5 Å². The minimum atomic E-state index is 0.302. The highest BCUT2D eigenvalue weighted by Gasteiger charge is 2.43. The first-order chi connectivity index (χ1) is 11.8. The van der Waals surface area contributed by atoms with E-state index >= 15 is 0 Å². The summed E-state index contributed by atoms with van der Waals surface area (Å²) in [6.07, 6.45) is 3.61. The molecule has 0 spiro atoms. The summed E-state index contributed by atoms with van der Waals surface area (Å²) in [4.78, 5) is 14.7. The Labute approximate surface area is 143 Å². The van der Waals surface area contributed by atoms with Gasteiger partial charge in [0.25, 0.3) is 0 Å². The molecule has 124 valence electrons. The normalized spacial score (nSPS) is 22.2. The Morgan fingerprint density at radius 2 is 1.96 bits per heavy atom. The van der Waals surface area contributed by atoms with E-state index in [4.69, 9.17) is 4.74 Å². The van der Waals surface area contributed by atoms with Crippen molar-refractivity contribution in [1.29, 1.82) is 0 Å². The molecule has 2 aromatic carbocycles. The Hall–Kier alpha value is -2.29. The van der Waals surface area contributed by atoms with Crippen LogP contribution in [0.5, 0.6) is 5.75 Å². The highest BCUT2D eigenvalue weighted by Crippen LogP contribution is 2.44. The smallest absolute Gasteiger partial charge is 0.223 e. The third kappa shape index (κ3) is 2.58. The van der Waals surface area contributed by atoms with Crippen LogP contribution in [0.4, 0.5) is 0 Å². The second kappa shape index (κ2) is 6.31. The maximum Gasteiger partial charge on any atom is 0.223 e. The maximum atomic E-state index is 12.6. The predicted molar refractivity (Wildman–Crippen MR) is 94.3 cm³/mol. The Bertz CT molecular complexity index is 741. The van der Waals surface area contributed by atoms with E-state index in [1.807, 2.05) is 12.1 Å². The summed E-state index contributed by atoms with van der Waals surface area (Å²) in [5.74, 6) is 1.60. The first-order valence-electron chi connectivity index (χ1n) is 8.77. The molecule has 3 nitrogen and oxygen atoms in total. The second-order valence-electron chi connectivity index (χ2n) is 6.77. The summed E-state index contributed by atoms with van der Waals surface area (Å²) >= 11 is 0. The number of carbonyl (C=O) groups excluding carboxylic acids is 1. The van der Waals surface area contributed by atoms with Gasteiger partial charge in [0.2, 0.25) is 5.91 Å². The Balaban J connectivity index is 1.55. The molecule has 0 bridgehead atoms. The van der Waals surface area contributed by atoms with Gasteiger partial charge in [0.1, 0.15) is 5.75 Å². The van der Waals surface area contributed by atoms with Gasteiger partial charge >= 0.3 is 0 Å². The molecule has 0 N–H and O–H groups in total. The molecule has 2 atom stereocenters. The fraction of sp³-hybridized carbons (Fsp3) is 0.381. The molecule has 2 aliphatic rings. The lowest BCUT2D eigenvalue weighted by Crippen LogP contribution is -2.38. The SMILES string of the molecule is COc1cccc2c1CC[C@H]1[C@@H]2CC(=O)N1CCc1ccccc1. The molecule has 1 amide bonds. The number of ether oxygens (including phenoxy) is 1. The fourth-order valence-corrected chi connectivity index (χ4v) is 4.38. The third-order valence-electron chi connectivity index (χ3n) is 5.54. The first-order valence-corrected chi connectivity index (χ1v) is 8.77. The van der Waals surface area contributed by atoms with Crippen molar-refractivity contribution < 1.29 is 9.53 Å². The molecule has 1 fully saturated rings. The van der Waals surface area contributed by atoms with Crippen LogP contribution in [0.3, 0.4) is 0 Å². The number of hydrogen-bond donors (Lipinski definition) is 0. The molecule has 0 aromatic heterocycles. The van der Waals surface area contributed by atoms with Gasteiger partial charge in [0.15, 0.2) is 0 Å². The summed E-state index contributed by atoms with van der Waals surface area (Å²) in [5, 5.41) is 0. The minimum absolute atomic E-state index is 0.302. The van der Waals surface area contributed by atoms with Crippen LogP contribution >= 0.6 is 0 Å². The summed E-state index contributed by atoms with van der Waals surface area (Å²) in [6, 6.07) is 17.0. The van der Waals surface area contributed by atoms with Gasteiger partial charge in [-0.15, -0.1) is 0 Å². The largest absolute Gasteiger partial charge is 0.496 e. The fourth-order valence-electron chi connectivity index (χ4n) is 4.38. The van der Waals surface area contributed by atoms with Crippen LogP contribution in [0.25, 0.3) is 0 Å². The molecule has 1 aliphatic carbocycles. The number of likely N-dealkylation sites (tertiary alicyclic amines) is 1. The van der Waals surface area contributed by atoms with Gasteiger partial charge in [-0.05, 0) is 42.0 Å². The lowest BCUT2D eigenvalue weighted by Gasteiger charge is -2.33. The van der Waals surface area contributed by atoms with Crippen molar-refractivity contribution in [3.63, 3.8) is 0 Å². The lowest BCUT2D eigenvalue weighted by molar-refractivity contribution is -0.129. The van der Waals surface area contributed by atoms with Gasteiger partial charge in [-0.1, -0.05) is 42.5 Å². The molecule has 24 heavy (non-hydrogen) atoms. The molecule has 0 saturated carbocycles. The summed E-state index contributed by atoms with van der Waals surface area (Å²) in [5.41, 5.74) is 3.92. The van der Waals surface area contributed by atoms with Crippen molar-refractivity contribution in [2.24, 2.45) is 0 Å². The number of hydrogen-bond acceptors (Lipinski definition) is 2. The molecule has 4 rings (SSSR count). The van der Waals surface area contributed by atoms with E-state index in [1.165, 1.54) is 16.7 Å². The van der Waals surface area contributed by atoms with E-state index in [9.17, 15) is 4.79 Å². The number of benzene rings is 2. The molecular weight excluding hydrogens is 298 g/mol. The second-order valence-corrected chi connectivity index (χ2v) is 6.77. The van der Waals surface area contributed by atoms with Crippen molar-refractivity contribution in [1.82, 2.24) is 4.90 Å². The molecule has 0 radical (unpaired) electrons. The molecule has 2 aromatic rings. The zero-order chi connectivity index (χ0) is 16.5. The van der Waals surface area contributed by atoms with E-state index in [0.29, 0.717) is 24.3 Å². The van der Waals surface area contributed by atoms with E-state index in [2.05, 4.69) is 41.3 Å². The zero-order valence-corrected chi connectivity index (χ0v) is 14.1. The van der Waals surface area contributed by atoms with Crippen molar-refractivity contribution in [2.45, 2.75) is 37.6 Å². The van der Waals surface area contributed by atoms with Gasteiger partial charge in [-0.2, -0.15) is 0 Å². The summed E-state index contributed by atoms with van der Waals surface area (Å²) in [7, 11) is 1.73. The average molecular weight is 321 g/mol.